The first kappa shape index (κ1) is 15.7. The Hall–Kier alpha value is -1.67. The molecule has 0 saturated carbocycles. The lowest BCUT2D eigenvalue weighted by atomic mass is 10.1. The molecule has 0 spiro atoms. The highest BCUT2D eigenvalue weighted by Gasteiger charge is 2.20. The standard InChI is InChI=1S/C14H10ClIN2O3/c1-8-2-5-13(18(20)21)10(6-8)14(19)17-12-4-3-9(15)7-11(12)16/h2-7H,1H3,(H,17,19). The minimum Gasteiger partial charge on any atom is -0.321 e. The van der Waals surface area contributed by atoms with Crippen molar-refractivity contribution in [1.29, 1.82) is 0 Å². The summed E-state index contributed by atoms with van der Waals surface area (Å²) in [6.45, 7) is 1.77. The average molecular weight is 417 g/mol. The third-order valence-electron chi connectivity index (χ3n) is 2.77. The van der Waals surface area contributed by atoms with Gasteiger partial charge in [-0.15, -0.1) is 0 Å². The number of rotatable bonds is 3. The first-order valence-corrected chi connectivity index (χ1v) is 7.35. The van der Waals surface area contributed by atoms with Crippen LogP contribution in [0.2, 0.25) is 5.02 Å². The molecule has 1 amide bonds. The second kappa shape index (κ2) is 6.40. The fourth-order valence-corrected chi connectivity index (χ4v) is 2.78. The molecular formula is C14H10ClIN2O3. The van der Waals surface area contributed by atoms with Crippen molar-refractivity contribution in [1.82, 2.24) is 0 Å². The number of carbonyl (C=O) groups is 1. The maximum atomic E-state index is 12.3. The Morgan fingerprint density at radius 3 is 2.62 bits per heavy atom. The Morgan fingerprint density at radius 1 is 1.29 bits per heavy atom. The number of nitro benzene ring substituents is 1. The molecule has 21 heavy (non-hydrogen) atoms. The van der Waals surface area contributed by atoms with E-state index in [2.05, 4.69) is 5.32 Å². The van der Waals surface area contributed by atoms with E-state index >= 15 is 0 Å². The molecule has 108 valence electrons. The molecule has 0 aliphatic heterocycles. The zero-order valence-corrected chi connectivity index (χ0v) is 13.8. The third kappa shape index (κ3) is 3.70. The monoisotopic (exact) mass is 416 g/mol. The number of halogens is 2. The van der Waals surface area contributed by atoms with Crippen LogP contribution >= 0.6 is 34.2 Å². The predicted molar refractivity (Wildman–Crippen MR) is 90.0 cm³/mol. The van der Waals surface area contributed by atoms with E-state index < -0.39 is 10.8 Å². The minimum absolute atomic E-state index is 0.0331. The van der Waals surface area contributed by atoms with Crippen LogP contribution in [0.15, 0.2) is 36.4 Å². The Kier molecular flexibility index (Phi) is 4.79. The van der Waals surface area contributed by atoms with Crippen molar-refractivity contribution < 1.29 is 9.72 Å². The molecule has 7 heteroatoms. The summed E-state index contributed by atoms with van der Waals surface area (Å²) in [6, 6.07) is 9.42. The highest BCUT2D eigenvalue weighted by atomic mass is 127. The number of aryl methyl sites for hydroxylation is 1. The van der Waals surface area contributed by atoms with Crippen LogP contribution in [0.5, 0.6) is 0 Å². The number of hydrogen-bond donors (Lipinski definition) is 1. The molecule has 0 radical (unpaired) electrons. The van der Waals surface area contributed by atoms with Crippen molar-refractivity contribution in [3.05, 3.63) is 66.2 Å². The van der Waals surface area contributed by atoms with E-state index in [9.17, 15) is 14.9 Å². The van der Waals surface area contributed by atoms with Gasteiger partial charge in [0.1, 0.15) is 5.56 Å². The zero-order chi connectivity index (χ0) is 15.6. The van der Waals surface area contributed by atoms with E-state index in [0.717, 1.165) is 9.13 Å². The van der Waals surface area contributed by atoms with Gasteiger partial charge >= 0.3 is 0 Å². The smallest absolute Gasteiger partial charge is 0.282 e. The summed E-state index contributed by atoms with van der Waals surface area (Å²) in [5.41, 5.74) is 1.14. The van der Waals surface area contributed by atoms with Gasteiger partial charge in [-0.25, -0.2) is 0 Å². The largest absolute Gasteiger partial charge is 0.321 e. The molecule has 5 nitrogen and oxygen atoms in total. The van der Waals surface area contributed by atoms with Gasteiger partial charge < -0.3 is 5.32 Å². The first-order valence-electron chi connectivity index (χ1n) is 5.90. The fourth-order valence-electron chi connectivity index (χ4n) is 1.77. The lowest BCUT2D eigenvalue weighted by molar-refractivity contribution is -0.385. The number of amides is 1. The highest BCUT2D eigenvalue weighted by molar-refractivity contribution is 14.1. The van der Waals surface area contributed by atoms with Gasteiger partial charge in [-0.1, -0.05) is 17.7 Å². The number of benzene rings is 2. The molecule has 0 aromatic heterocycles. The SMILES string of the molecule is Cc1ccc([N+](=O)[O-])c(C(=O)Nc2ccc(Cl)cc2I)c1. The van der Waals surface area contributed by atoms with E-state index in [1.54, 1.807) is 31.2 Å². The summed E-state index contributed by atoms with van der Waals surface area (Å²) in [7, 11) is 0. The van der Waals surface area contributed by atoms with Crippen molar-refractivity contribution in [3.63, 3.8) is 0 Å². The van der Waals surface area contributed by atoms with Crippen LogP contribution < -0.4 is 5.32 Å². The Balaban J connectivity index is 2.36. The lowest BCUT2D eigenvalue weighted by Gasteiger charge is -2.08. The summed E-state index contributed by atoms with van der Waals surface area (Å²) < 4.78 is 0.753. The van der Waals surface area contributed by atoms with Crippen LogP contribution in [-0.4, -0.2) is 10.8 Å². The van der Waals surface area contributed by atoms with Crippen LogP contribution in [0.3, 0.4) is 0 Å². The molecule has 0 saturated heterocycles. The zero-order valence-electron chi connectivity index (χ0n) is 10.9. The van der Waals surface area contributed by atoms with Gasteiger partial charge in [-0.05, 0) is 59.3 Å². The topological polar surface area (TPSA) is 72.2 Å². The molecule has 0 atom stereocenters. The number of hydrogen-bond acceptors (Lipinski definition) is 3. The normalized spacial score (nSPS) is 10.2. The van der Waals surface area contributed by atoms with E-state index in [1.165, 1.54) is 12.1 Å². The molecule has 0 aliphatic carbocycles. The van der Waals surface area contributed by atoms with Gasteiger partial charge in [0.25, 0.3) is 11.6 Å². The van der Waals surface area contributed by atoms with Crippen LogP contribution in [0, 0.1) is 20.6 Å². The van der Waals surface area contributed by atoms with Gasteiger partial charge in [0, 0.05) is 14.7 Å². The molecule has 0 bridgehead atoms. The summed E-state index contributed by atoms with van der Waals surface area (Å²) >= 11 is 7.89. The van der Waals surface area contributed by atoms with E-state index in [0.29, 0.717) is 10.7 Å². The Morgan fingerprint density at radius 2 is 2.00 bits per heavy atom. The van der Waals surface area contributed by atoms with Crippen molar-refractivity contribution in [2.45, 2.75) is 6.92 Å². The molecule has 2 rings (SSSR count). The molecule has 0 aliphatic rings. The molecular weight excluding hydrogens is 407 g/mol. The summed E-state index contributed by atoms with van der Waals surface area (Å²) in [5, 5.41) is 14.2. The quantitative estimate of drug-likeness (QED) is 0.457. The number of nitrogens with one attached hydrogen (secondary N) is 1. The number of anilines is 1. The maximum Gasteiger partial charge on any atom is 0.282 e. The van der Waals surface area contributed by atoms with Crippen molar-refractivity contribution in [2.75, 3.05) is 5.32 Å². The van der Waals surface area contributed by atoms with Gasteiger partial charge in [-0.3, -0.25) is 14.9 Å². The van der Waals surface area contributed by atoms with Crippen LogP contribution in [0.4, 0.5) is 11.4 Å². The molecule has 1 N–H and O–H groups in total. The maximum absolute atomic E-state index is 12.3. The summed E-state index contributed by atoms with van der Waals surface area (Å²) in [4.78, 5) is 22.7. The average Bonchev–Trinajstić information content (AvgIpc) is 2.41. The van der Waals surface area contributed by atoms with Crippen molar-refractivity contribution in [3.8, 4) is 0 Å². The Labute approximate surface area is 139 Å². The van der Waals surface area contributed by atoms with E-state index in [4.69, 9.17) is 11.6 Å². The highest BCUT2D eigenvalue weighted by Crippen LogP contribution is 2.25. The lowest BCUT2D eigenvalue weighted by Crippen LogP contribution is -2.15. The second-order valence-corrected chi connectivity index (χ2v) is 5.95. The van der Waals surface area contributed by atoms with Crippen molar-refractivity contribution in [2.24, 2.45) is 0 Å². The molecule has 2 aromatic rings. The number of carbonyl (C=O) groups excluding carboxylic acids is 1. The second-order valence-electron chi connectivity index (χ2n) is 4.36. The minimum atomic E-state index is -0.568. The Bertz CT molecular complexity index is 734. The number of nitro groups is 1. The van der Waals surface area contributed by atoms with E-state index in [-0.39, 0.29) is 11.3 Å². The van der Waals surface area contributed by atoms with Gasteiger partial charge in [0.05, 0.1) is 10.6 Å². The third-order valence-corrected chi connectivity index (χ3v) is 3.90. The summed E-state index contributed by atoms with van der Waals surface area (Å²) in [6.07, 6.45) is 0. The number of nitrogens with zero attached hydrogens (tertiary/aromatic N) is 1. The van der Waals surface area contributed by atoms with Crippen LogP contribution in [0.25, 0.3) is 0 Å². The fraction of sp³-hybridized carbons (Fsp3) is 0.0714. The molecule has 0 fully saturated rings. The van der Waals surface area contributed by atoms with Gasteiger partial charge in [-0.2, -0.15) is 0 Å². The molecule has 0 heterocycles. The van der Waals surface area contributed by atoms with Crippen LogP contribution in [-0.2, 0) is 0 Å². The van der Waals surface area contributed by atoms with Gasteiger partial charge in [0.2, 0.25) is 0 Å². The van der Waals surface area contributed by atoms with Crippen LogP contribution in [0.1, 0.15) is 15.9 Å². The first-order chi connectivity index (χ1) is 9.88. The molecule has 2 aromatic carbocycles. The summed E-state index contributed by atoms with van der Waals surface area (Å²) in [5.74, 6) is -0.523. The van der Waals surface area contributed by atoms with Crippen molar-refractivity contribution >= 4 is 51.5 Å². The van der Waals surface area contributed by atoms with Gasteiger partial charge in [0.15, 0.2) is 0 Å². The predicted octanol–water partition coefficient (Wildman–Crippen LogP) is 4.41. The van der Waals surface area contributed by atoms with E-state index in [1.807, 2.05) is 22.6 Å². The molecule has 0 unspecified atom stereocenters.